The van der Waals surface area contributed by atoms with Crippen molar-refractivity contribution in [2.45, 2.75) is 32.4 Å². The maximum Gasteiger partial charge on any atom is 0.119 e. The molecule has 106 valence electrons. The zero-order chi connectivity index (χ0) is 14.8. The maximum atomic E-state index is 6.49. The van der Waals surface area contributed by atoms with E-state index in [0.29, 0.717) is 5.02 Å². The molecule has 0 spiro atoms. The minimum atomic E-state index is -0.630. The Bertz CT molecular complexity index is 576. The standard InChI is InChI=1S/C17H20ClNO/c1-12(2)20-14-10-8-13(9-11-14)17(3,19)15-6-4-5-7-16(15)18/h4-12H,19H2,1-3H3. The van der Waals surface area contributed by atoms with E-state index in [1.807, 2.05) is 69.3 Å². The summed E-state index contributed by atoms with van der Waals surface area (Å²) in [7, 11) is 0. The molecule has 3 heteroatoms. The number of hydrogen-bond donors (Lipinski definition) is 1. The molecule has 0 aliphatic rings. The summed E-state index contributed by atoms with van der Waals surface area (Å²) in [6, 6.07) is 15.5. The van der Waals surface area contributed by atoms with Crippen LogP contribution in [0.4, 0.5) is 0 Å². The third-order valence-electron chi connectivity index (χ3n) is 3.26. The van der Waals surface area contributed by atoms with Crippen molar-refractivity contribution in [2.75, 3.05) is 0 Å². The number of nitrogens with two attached hydrogens (primary N) is 1. The van der Waals surface area contributed by atoms with Crippen LogP contribution in [-0.2, 0) is 5.54 Å². The van der Waals surface area contributed by atoms with Crippen LogP contribution in [0.15, 0.2) is 48.5 Å². The lowest BCUT2D eigenvalue weighted by Crippen LogP contribution is -2.34. The van der Waals surface area contributed by atoms with Crippen LogP contribution in [0.1, 0.15) is 31.9 Å². The maximum absolute atomic E-state index is 6.49. The summed E-state index contributed by atoms with van der Waals surface area (Å²) < 4.78 is 5.64. The minimum Gasteiger partial charge on any atom is -0.491 e. The second-order valence-corrected chi connectivity index (χ2v) is 5.78. The first-order valence-corrected chi connectivity index (χ1v) is 7.10. The smallest absolute Gasteiger partial charge is 0.119 e. The van der Waals surface area contributed by atoms with E-state index < -0.39 is 5.54 Å². The average molecular weight is 290 g/mol. The van der Waals surface area contributed by atoms with Crippen molar-refractivity contribution in [3.05, 3.63) is 64.7 Å². The van der Waals surface area contributed by atoms with Crippen molar-refractivity contribution >= 4 is 11.6 Å². The Hall–Kier alpha value is -1.51. The molecule has 0 radical (unpaired) electrons. The van der Waals surface area contributed by atoms with Crippen LogP contribution in [0.5, 0.6) is 5.75 Å². The Balaban J connectivity index is 2.32. The number of ether oxygens (including phenoxy) is 1. The molecule has 2 aromatic carbocycles. The molecule has 0 saturated carbocycles. The van der Waals surface area contributed by atoms with Gasteiger partial charge in [0.2, 0.25) is 0 Å². The molecule has 0 aromatic heterocycles. The summed E-state index contributed by atoms with van der Waals surface area (Å²) in [4.78, 5) is 0. The van der Waals surface area contributed by atoms with Gasteiger partial charge >= 0.3 is 0 Å². The van der Waals surface area contributed by atoms with Gasteiger partial charge in [0.1, 0.15) is 5.75 Å². The molecule has 1 atom stereocenters. The first-order valence-electron chi connectivity index (χ1n) is 6.72. The van der Waals surface area contributed by atoms with Gasteiger partial charge in [0, 0.05) is 5.02 Å². The van der Waals surface area contributed by atoms with Gasteiger partial charge in [-0.25, -0.2) is 0 Å². The van der Waals surface area contributed by atoms with Crippen LogP contribution in [0, 0.1) is 0 Å². The minimum absolute atomic E-state index is 0.161. The summed E-state index contributed by atoms with van der Waals surface area (Å²) in [5, 5.41) is 0.681. The number of hydrogen-bond acceptors (Lipinski definition) is 2. The van der Waals surface area contributed by atoms with Crippen LogP contribution in [0.3, 0.4) is 0 Å². The van der Waals surface area contributed by atoms with Crippen molar-refractivity contribution in [3.8, 4) is 5.75 Å². The van der Waals surface area contributed by atoms with E-state index in [9.17, 15) is 0 Å². The summed E-state index contributed by atoms with van der Waals surface area (Å²) in [6.07, 6.45) is 0.161. The number of halogens is 1. The van der Waals surface area contributed by atoms with E-state index in [1.165, 1.54) is 0 Å². The lowest BCUT2D eigenvalue weighted by atomic mass is 9.85. The fourth-order valence-electron chi connectivity index (χ4n) is 2.19. The van der Waals surface area contributed by atoms with Gasteiger partial charge in [-0.05, 0) is 50.1 Å². The van der Waals surface area contributed by atoms with E-state index in [4.69, 9.17) is 22.1 Å². The molecule has 2 aromatic rings. The van der Waals surface area contributed by atoms with Crippen LogP contribution >= 0.6 is 11.6 Å². The quantitative estimate of drug-likeness (QED) is 0.908. The molecule has 0 fully saturated rings. The lowest BCUT2D eigenvalue weighted by molar-refractivity contribution is 0.242. The van der Waals surface area contributed by atoms with Crippen LogP contribution in [0.2, 0.25) is 5.02 Å². The summed E-state index contributed by atoms with van der Waals surface area (Å²) >= 11 is 6.25. The Kier molecular flexibility index (Phi) is 4.36. The van der Waals surface area contributed by atoms with Crippen LogP contribution < -0.4 is 10.5 Å². The normalized spacial score (nSPS) is 14.1. The molecule has 0 aliphatic carbocycles. The highest BCUT2D eigenvalue weighted by Gasteiger charge is 2.25. The fourth-order valence-corrected chi connectivity index (χ4v) is 2.52. The van der Waals surface area contributed by atoms with Gasteiger partial charge in [-0.15, -0.1) is 0 Å². The second-order valence-electron chi connectivity index (χ2n) is 5.37. The molecule has 20 heavy (non-hydrogen) atoms. The number of rotatable bonds is 4. The van der Waals surface area contributed by atoms with E-state index in [-0.39, 0.29) is 6.10 Å². The van der Waals surface area contributed by atoms with Gasteiger partial charge in [0.15, 0.2) is 0 Å². The van der Waals surface area contributed by atoms with Crippen molar-refractivity contribution in [2.24, 2.45) is 5.73 Å². The summed E-state index contributed by atoms with van der Waals surface area (Å²) in [6.45, 7) is 5.97. The Morgan fingerprint density at radius 1 is 1.05 bits per heavy atom. The number of benzene rings is 2. The van der Waals surface area contributed by atoms with Gasteiger partial charge < -0.3 is 10.5 Å². The van der Waals surface area contributed by atoms with Gasteiger partial charge in [-0.1, -0.05) is 41.9 Å². The molecule has 0 amide bonds. The molecule has 0 aliphatic heterocycles. The van der Waals surface area contributed by atoms with Crippen molar-refractivity contribution in [1.29, 1.82) is 0 Å². The molecule has 2 N–H and O–H groups in total. The largest absolute Gasteiger partial charge is 0.491 e. The molecule has 0 saturated heterocycles. The highest BCUT2D eigenvalue weighted by molar-refractivity contribution is 6.31. The van der Waals surface area contributed by atoms with Gasteiger partial charge in [-0.3, -0.25) is 0 Å². The van der Waals surface area contributed by atoms with E-state index in [1.54, 1.807) is 0 Å². The molecule has 1 unspecified atom stereocenters. The Morgan fingerprint density at radius 3 is 2.20 bits per heavy atom. The molecule has 2 rings (SSSR count). The van der Waals surface area contributed by atoms with Gasteiger partial charge in [0.05, 0.1) is 11.6 Å². The zero-order valence-electron chi connectivity index (χ0n) is 12.1. The highest BCUT2D eigenvalue weighted by Crippen LogP contribution is 2.32. The topological polar surface area (TPSA) is 35.2 Å². The SMILES string of the molecule is CC(C)Oc1ccc(C(C)(N)c2ccccc2Cl)cc1. The van der Waals surface area contributed by atoms with Gasteiger partial charge in [0.25, 0.3) is 0 Å². The van der Waals surface area contributed by atoms with Crippen molar-refractivity contribution in [1.82, 2.24) is 0 Å². The predicted molar refractivity (Wildman–Crippen MR) is 84.3 cm³/mol. The molecule has 0 heterocycles. The zero-order valence-corrected chi connectivity index (χ0v) is 12.8. The molecule has 2 nitrogen and oxygen atoms in total. The fraction of sp³-hybridized carbons (Fsp3) is 0.294. The molecular formula is C17H20ClNO. The molecular weight excluding hydrogens is 270 g/mol. The molecule has 0 bridgehead atoms. The van der Waals surface area contributed by atoms with Crippen molar-refractivity contribution < 1.29 is 4.74 Å². The third kappa shape index (κ3) is 3.14. The monoisotopic (exact) mass is 289 g/mol. The first kappa shape index (κ1) is 14.9. The van der Waals surface area contributed by atoms with E-state index in [0.717, 1.165) is 16.9 Å². The predicted octanol–water partition coefficient (Wildman–Crippen LogP) is 4.35. The van der Waals surface area contributed by atoms with E-state index in [2.05, 4.69) is 0 Å². The van der Waals surface area contributed by atoms with Crippen LogP contribution in [-0.4, -0.2) is 6.10 Å². The summed E-state index contributed by atoms with van der Waals surface area (Å²) in [5.74, 6) is 0.846. The highest BCUT2D eigenvalue weighted by atomic mass is 35.5. The van der Waals surface area contributed by atoms with Crippen LogP contribution in [0.25, 0.3) is 0 Å². The Morgan fingerprint density at radius 2 is 1.65 bits per heavy atom. The summed E-state index contributed by atoms with van der Waals surface area (Å²) in [5.41, 5.74) is 7.77. The lowest BCUT2D eigenvalue weighted by Gasteiger charge is -2.27. The second kappa shape index (κ2) is 5.86. The first-order chi connectivity index (χ1) is 9.41. The average Bonchev–Trinajstić information content (AvgIpc) is 2.39. The Labute approximate surface area is 125 Å². The van der Waals surface area contributed by atoms with Gasteiger partial charge in [-0.2, -0.15) is 0 Å². The van der Waals surface area contributed by atoms with E-state index >= 15 is 0 Å². The van der Waals surface area contributed by atoms with Crippen molar-refractivity contribution in [3.63, 3.8) is 0 Å². The third-order valence-corrected chi connectivity index (χ3v) is 3.59.